The molecule has 0 aliphatic rings. The van der Waals surface area contributed by atoms with Gasteiger partial charge in [-0.1, -0.05) is 31.2 Å². The Morgan fingerprint density at radius 3 is 2.06 bits per heavy atom. The zero-order chi connectivity index (χ0) is 12.8. The Morgan fingerprint density at radius 1 is 1.18 bits per heavy atom. The minimum Gasteiger partial charge on any atom is -0.481 e. The molecule has 3 heteroatoms. The summed E-state index contributed by atoms with van der Waals surface area (Å²) in [5.74, 6) is -1.08. The monoisotopic (exact) mass is 236 g/mol. The summed E-state index contributed by atoms with van der Waals surface area (Å²) in [6.45, 7) is 3.75. The minimum absolute atomic E-state index is 0.207. The maximum absolute atomic E-state index is 10.7. The Morgan fingerprint density at radius 2 is 1.65 bits per heavy atom. The van der Waals surface area contributed by atoms with Crippen molar-refractivity contribution in [3.05, 3.63) is 35.4 Å². The van der Waals surface area contributed by atoms with E-state index in [1.54, 1.807) is 14.0 Å². The molecule has 0 saturated carbocycles. The molecule has 94 valence electrons. The van der Waals surface area contributed by atoms with Gasteiger partial charge < -0.3 is 9.84 Å². The number of carboxylic acid groups (broad SMARTS) is 1. The van der Waals surface area contributed by atoms with Gasteiger partial charge in [-0.3, -0.25) is 4.79 Å². The number of carbonyl (C=O) groups is 1. The van der Waals surface area contributed by atoms with E-state index in [4.69, 9.17) is 9.84 Å². The number of rotatable bonds is 6. The van der Waals surface area contributed by atoms with Gasteiger partial charge in [0.25, 0.3) is 0 Å². The molecule has 0 saturated heterocycles. The first-order valence-electron chi connectivity index (χ1n) is 5.86. The average molecular weight is 236 g/mol. The van der Waals surface area contributed by atoms with Gasteiger partial charge in [0.2, 0.25) is 0 Å². The number of carboxylic acids is 1. The quantitative estimate of drug-likeness (QED) is 0.825. The van der Waals surface area contributed by atoms with Gasteiger partial charge in [0.15, 0.2) is 0 Å². The highest BCUT2D eigenvalue weighted by molar-refractivity contribution is 5.69. The highest BCUT2D eigenvalue weighted by atomic mass is 16.5. The first kappa shape index (κ1) is 13.7. The van der Waals surface area contributed by atoms with Crippen molar-refractivity contribution in [2.45, 2.75) is 32.8 Å². The third-order valence-corrected chi connectivity index (χ3v) is 2.91. The molecule has 1 aromatic carbocycles. The molecule has 0 amide bonds. The van der Waals surface area contributed by atoms with Crippen LogP contribution in [0, 0.1) is 5.92 Å². The number of benzene rings is 1. The third-order valence-electron chi connectivity index (χ3n) is 2.91. The highest BCUT2D eigenvalue weighted by Gasteiger charge is 2.11. The zero-order valence-corrected chi connectivity index (χ0v) is 10.6. The number of hydrogen-bond donors (Lipinski definition) is 1. The molecular formula is C14H20O3. The van der Waals surface area contributed by atoms with Gasteiger partial charge >= 0.3 is 5.97 Å². The van der Waals surface area contributed by atoms with Crippen LogP contribution in [0.4, 0.5) is 0 Å². The lowest BCUT2D eigenvalue weighted by Gasteiger charge is -2.10. The molecular weight excluding hydrogens is 216 g/mol. The van der Waals surface area contributed by atoms with Crippen molar-refractivity contribution in [1.82, 2.24) is 0 Å². The third kappa shape index (κ3) is 4.57. The summed E-state index contributed by atoms with van der Waals surface area (Å²) in [6.07, 6.45) is 1.67. The van der Waals surface area contributed by atoms with Gasteiger partial charge in [-0.2, -0.15) is 0 Å². The number of ether oxygens (including phenoxy) is 1. The van der Waals surface area contributed by atoms with Crippen LogP contribution >= 0.6 is 0 Å². The van der Waals surface area contributed by atoms with Crippen LogP contribution in [0.15, 0.2) is 24.3 Å². The molecule has 1 rings (SSSR count). The second-order valence-electron chi connectivity index (χ2n) is 4.51. The zero-order valence-electron chi connectivity index (χ0n) is 10.6. The van der Waals surface area contributed by atoms with Crippen LogP contribution in [-0.4, -0.2) is 24.3 Å². The predicted molar refractivity (Wildman–Crippen MR) is 67.1 cm³/mol. The van der Waals surface area contributed by atoms with Gasteiger partial charge in [0.1, 0.15) is 0 Å². The maximum atomic E-state index is 10.7. The molecule has 0 aromatic heterocycles. The Balaban J connectivity index is 2.58. The molecule has 0 aliphatic heterocycles. The first-order valence-corrected chi connectivity index (χ1v) is 5.86. The average Bonchev–Trinajstić information content (AvgIpc) is 2.31. The largest absolute Gasteiger partial charge is 0.481 e. The number of methoxy groups -OCH3 is 1. The van der Waals surface area contributed by atoms with Crippen molar-refractivity contribution >= 4 is 5.97 Å². The molecule has 0 radical (unpaired) electrons. The summed E-state index contributed by atoms with van der Waals surface area (Å²) in [5.41, 5.74) is 2.28. The molecule has 2 unspecified atom stereocenters. The molecule has 2 atom stereocenters. The van der Waals surface area contributed by atoms with Crippen molar-refractivity contribution in [1.29, 1.82) is 0 Å². The fraction of sp³-hybridized carbons (Fsp3) is 0.500. The summed E-state index contributed by atoms with van der Waals surface area (Å²) in [5, 5.41) is 8.83. The van der Waals surface area contributed by atoms with Crippen LogP contribution in [-0.2, 0) is 22.4 Å². The molecule has 1 aromatic rings. The van der Waals surface area contributed by atoms with E-state index in [0.717, 1.165) is 12.0 Å². The van der Waals surface area contributed by atoms with Crippen molar-refractivity contribution in [3.63, 3.8) is 0 Å². The van der Waals surface area contributed by atoms with E-state index in [9.17, 15) is 4.79 Å². The second kappa shape index (κ2) is 6.40. The Labute approximate surface area is 102 Å². The van der Waals surface area contributed by atoms with Crippen molar-refractivity contribution < 1.29 is 14.6 Å². The molecule has 0 bridgehead atoms. The molecule has 1 N–H and O–H groups in total. The Kier molecular flexibility index (Phi) is 5.16. The van der Waals surface area contributed by atoms with Crippen molar-refractivity contribution in [2.24, 2.45) is 5.92 Å². The number of hydrogen-bond acceptors (Lipinski definition) is 2. The van der Waals surface area contributed by atoms with Crippen LogP contribution in [0.3, 0.4) is 0 Å². The second-order valence-corrected chi connectivity index (χ2v) is 4.51. The summed E-state index contributed by atoms with van der Waals surface area (Å²) in [7, 11) is 1.70. The van der Waals surface area contributed by atoms with E-state index in [-0.39, 0.29) is 12.0 Å². The van der Waals surface area contributed by atoms with E-state index in [1.165, 1.54) is 5.56 Å². The predicted octanol–water partition coefficient (Wildman–Crippen LogP) is 2.53. The Hall–Kier alpha value is -1.35. The highest BCUT2D eigenvalue weighted by Crippen LogP contribution is 2.12. The lowest BCUT2D eigenvalue weighted by atomic mass is 9.99. The van der Waals surface area contributed by atoms with E-state index in [1.807, 2.05) is 31.2 Å². The van der Waals surface area contributed by atoms with Gasteiger partial charge in [-0.25, -0.2) is 0 Å². The van der Waals surface area contributed by atoms with Crippen molar-refractivity contribution in [2.75, 3.05) is 7.11 Å². The molecule has 0 fully saturated rings. The van der Waals surface area contributed by atoms with Crippen LogP contribution in [0.2, 0.25) is 0 Å². The topological polar surface area (TPSA) is 46.5 Å². The lowest BCUT2D eigenvalue weighted by Crippen LogP contribution is -2.12. The summed E-state index contributed by atoms with van der Waals surface area (Å²) in [6, 6.07) is 8.08. The molecule has 0 spiro atoms. The standard InChI is InChI=1S/C14H20O3/c1-10(14(15)16)8-12-4-6-13(7-5-12)9-11(2)17-3/h4-7,10-11H,8-9H2,1-3H3,(H,15,16). The summed E-state index contributed by atoms with van der Waals surface area (Å²) in [4.78, 5) is 10.7. The van der Waals surface area contributed by atoms with Gasteiger partial charge in [-0.05, 0) is 30.9 Å². The van der Waals surface area contributed by atoms with E-state index < -0.39 is 5.97 Å². The van der Waals surface area contributed by atoms with Crippen LogP contribution in [0.5, 0.6) is 0 Å². The number of aliphatic carboxylic acids is 1. The normalized spacial score (nSPS) is 14.3. The lowest BCUT2D eigenvalue weighted by molar-refractivity contribution is -0.141. The minimum atomic E-state index is -0.748. The van der Waals surface area contributed by atoms with Gasteiger partial charge in [0.05, 0.1) is 12.0 Å². The molecule has 0 aliphatic carbocycles. The van der Waals surface area contributed by atoms with E-state index in [2.05, 4.69) is 0 Å². The molecule has 3 nitrogen and oxygen atoms in total. The Bertz CT molecular complexity index is 356. The summed E-state index contributed by atoms with van der Waals surface area (Å²) >= 11 is 0. The van der Waals surface area contributed by atoms with E-state index >= 15 is 0 Å². The molecule has 17 heavy (non-hydrogen) atoms. The molecule has 0 heterocycles. The SMILES string of the molecule is COC(C)Cc1ccc(CC(C)C(=O)O)cc1. The van der Waals surface area contributed by atoms with Crippen LogP contribution in [0.1, 0.15) is 25.0 Å². The van der Waals surface area contributed by atoms with Crippen LogP contribution in [0.25, 0.3) is 0 Å². The first-order chi connectivity index (χ1) is 8.02. The smallest absolute Gasteiger partial charge is 0.306 e. The van der Waals surface area contributed by atoms with Crippen LogP contribution < -0.4 is 0 Å². The van der Waals surface area contributed by atoms with Crippen molar-refractivity contribution in [3.8, 4) is 0 Å². The summed E-state index contributed by atoms with van der Waals surface area (Å²) < 4.78 is 5.20. The maximum Gasteiger partial charge on any atom is 0.306 e. The fourth-order valence-electron chi connectivity index (χ4n) is 1.67. The fourth-order valence-corrected chi connectivity index (χ4v) is 1.67. The van der Waals surface area contributed by atoms with Gasteiger partial charge in [0, 0.05) is 7.11 Å². The van der Waals surface area contributed by atoms with E-state index in [0.29, 0.717) is 6.42 Å². The van der Waals surface area contributed by atoms with Gasteiger partial charge in [-0.15, -0.1) is 0 Å².